The quantitative estimate of drug-likeness (QED) is 0.745. The van der Waals surface area contributed by atoms with Crippen molar-refractivity contribution in [3.8, 4) is 6.07 Å². The Kier molecular flexibility index (Phi) is 5.92. The molecule has 18 heavy (non-hydrogen) atoms. The second-order valence-electron chi connectivity index (χ2n) is 4.65. The number of carbonyl (C=O) groups is 1. The summed E-state index contributed by atoms with van der Waals surface area (Å²) in [6.45, 7) is 5.29. The van der Waals surface area contributed by atoms with Crippen molar-refractivity contribution in [1.29, 1.82) is 5.26 Å². The number of aryl methyl sites for hydroxylation is 1. The lowest BCUT2D eigenvalue weighted by atomic mass is 9.97. The summed E-state index contributed by atoms with van der Waals surface area (Å²) in [7, 11) is 0. The molecule has 0 radical (unpaired) electrons. The molecule has 1 aromatic rings. The zero-order valence-corrected chi connectivity index (χ0v) is 11.0. The highest BCUT2D eigenvalue weighted by Crippen LogP contribution is 2.09. The standard InChI is InChI=1S/C13H20N4O/c1-11(2)12(9-14)13(18)16-5-3-4-7-17-8-6-15-10-17/h6,8,10-12H,3-5,7H2,1-2H3,(H,16,18). The number of hydrogen-bond donors (Lipinski definition) is 1. The predicted octanol–water partition coefficient (Wildman–Crippen LogP) is 1.58. The first kappa shape index (κ1) is 14.2. The molecule has 1 atom stereocenters. The van der Waals surface area contributed by atoms with Gasteiger partial charge in [-0.05, 0) is 18.8 Å². The number of imidazole rings is 1. The van der Waals surface area contributed by atoms with Crippen LogP contribution in [0.3, 0.4) is 0 Å². The van der Waals surface area contributed by atoms with Gasteiger partial charge in [0.15, 0.2) is 0 Å². The van der Waals surface area contributed by atoms with Crippen LogP contribution in [0.2, 0.25) is 0 Å². The van der Waals surface area contributed by atoms with Gasteiger partial charge in [0.25, 0.3) is 0 Å². The molecule has 0 aliphatic carbocycles. The number of amides is 1. The van der Waals surface area contributed by atoms with Crippen LogP contribution in [0.4, 0.5) is 0 Å². The maximum atomic E-state index is 11.7. The van der Waals surface area contributed by atoms with Crippen LogP contribution in [0, 0.1) is 23.2 Å². The molecule has 1 heterocycles. The molecule has 0 bridgehead atoms. The number of unbranched alkanes of at least 4 members (excludes halogenated alkanes) is 1. The average Bonchev–Trinajstić information content (AvgIpc) is 2.82. The van der Waals surface area contributed by atoms with E-state index in [9.17, 15) is 4.79 Å². The van der Waals surface area contributed by atoms with Gasteiger partial charge in [0.1, 0.15) is 5.92 Å². The van der Waals surface area contributed by atoms with Gasteiger partial charge in [-0.15, -0.1) is 0 Å². The highest BCUT2D eigenvalue weighted by molar-refractivity contribution is 5.81. The first-order valence-electron chi connectivity index (χ1n) is 6.28. The largest absolute Gasteiger partial charge is 0.355 e. The molecule has 0 aliphatic heterocycles. The SMILES string of the molecule is CC(C)C(C#N)C(=O)NCCCCn1ccnc1. The second-order valence-corrected chi connectivity index (χ2v) is 4.65. The molecule has 1 unspecified atom stereocenters. The second kappa shape index (κ2) is 7.49. The summed E-state index contributed by atoms with van der Waals surface area (Å²) in [4.78, 5) is 15.6. The highest BCUT2D eigenvalue weighted by Gasteiger charge is 2.20. The van der Waals surface area contributed by atoms with E-state index in [2.05, 4.69) is 10.3 Å². The van der Waals surface area contributed by atoms with Crippen molar-refractivity contribution in [2.75, 3.05) is 6.54 Å². The van der Waals surface area contributed by atoms with E-state index in [0.717, 1.165) is 19.4 Å². The normalized spacial score (nSPS) is 12.1. The van der Waals surface area contributed by atoms with Gasteiger partial charge in [-0.1, -0.05) is 13.8 Å². The molecular weight excluding hydrogens is 228 g/mol. The Morgan fingerprint density at radius 3 is 2.83 bits per heavy atom. The minimum atomic E-state index is -0.543. The van der Waals surface area contributed by atoms with Gasteiger partial charge in [-0.2, -0.15) is 5.26 Å². The van der Waals surface area contributed by atoms with Gasteiger partial charge in [0, 0.05) is 25.5 Å². The summed E-state index contributed by atoms with van der Waals surface area (Å²) in [5.41, 5.74) is 0. The average molecular weight is 248 g/mol. The molecule has 98 valence electrons. The lowest BCUT2D eigenvalue weighted by Gasteiger charge is -2.12. The molecule has 5 nitrogen and oxygen atoms in total. The van der Waals surface area contributed by atoms with E-state index in [0.29, 0.717) is 6.54 Å². The van der Waals surface area contributed by atoms with Crippen LogP contribution in [-0.4, -0.2) is 22.0 Å². The molecule has 0 saturated heterocycles. The van der Waals surface area contributed by atoms with Crippen molar-refractivity contribution in [2.24, 2.45) is 11.8 Å². The van der Waals surface area contributed by atoms with Crippen molar-refractivity contribution < 1.29 is 4.79 Å². The number of nitrogens with one attached hydrogen (secondary N) is 1. The maximum Gasteiger partial charge on any atom is 0.237 e. The van der Waals surface area contributed by atoms with Crippen LogP contribution in [0.15, 0.2) is 18.7 Å². The number of nitriles is 1. The van der Waals surface area contributed by atoms with Crippen LogP contribution in [0.25, 0.3) is 0 Å². The Labute approximate surface area is 108 Å². The monoisotopic (exact) mass is 248 g/mol. The zero-order chi connectivity index (χ0) is 13.4. The Morgan fingerprint density at radius 2 is 2.28 bits per heavy atom. The maximum absolute atomic E-state index is 11.7. The van der Waals surface area contributed by atoms with Crippen molar-refractivity contribution in [1.82, 2.24) is 14.9 Å². The number of rotatable bonds is 7. The topological polar surface area (TPSA) is 70.7 Å². The number of aromatic nitrogens is 2. The lowest BCUT2D eigenvalue weighted by molar-refractivity contribution is -0.124. The molecule has 5 heteroatoms. The fraction of sp³-hybridized carbons (Fsp3) is 0.615. The van der Waals surface area contributed by atoms with Gasteiger partial charge in [0.05, 0.1) is 12.4 Å². The highest BCUT2D eigenvalue weighted by atomic mass is 16.1. The van der Waals surface area contributed by atoms with E-state index in [1.54, 1.807) is 12.5 Å². The predicted molar refractivity (Wildman–Crippen MR) is 68.4 cm³/mol. The molecule has 0 saturated carbocycles. The van der Waals surface area contributed by atoms with Gasteiger partial charge in [-0.25, -0.2) is 4.98 Å². The third-order valence-electron chi connectivity index (χ3n) is 2.79. The number of hydrogen-bond acceptors (Lipinski definition) is 3. The van der Waals surface area contributed by atoms with E-state index in [-0.39, 0.29) is 11.8 Å². The fourth-order valence-corrected chi connectivity index (χ4v) is 1.67. The van der Waals surface area contributed by atoms with Crippen molar-refractivity contribution >= 4 is 5.91 Å². The Bertz CT molecular complexity index is 392. The van der Waals surface area contributed by atoms with Crippen molar-refractivity contribution in [3.63, 3.8) is 0 Å². The van der Waals surface area contributed by atoms with Crippen LogP contribution < -0.4 is 5.32 Å². The Balaban J connectivity index is 2.14. The van der Waals surface area contributed by atoms with E-state index < -0.39 is 5.92 Å². The molecule has 1 rings (SSSR count). The van der Waals surface area contributed by atoms with Crippen LogP contribution in [-0.2, 0) is 11.3 Å². The molecular formula is C13H20N4O. The lowest BCUT2D eigenvalue weighted by Crippen LogP contribution is -2.33. The van der Waals surface area contributed by atoms with Gasteiger partial charge in [0.2, 0.25) is 5.91 Å². The van der Waals surface area contributed by atoms with Gasteiger partial charge < -0.3 is 9.88 Å². The summed E-state index contributed by atoms with van der Waals surface area (Å²) in [6, 6.07) is 2.04. The van der Waals surface area contributed by atoms with Gasteiger partial charge in [-0.3, -0.25) is 4.79 Å². The molecule has 0 aliphatic rings. The first-order chi connectivity index (χ1) is 8.65. The Morgan fingerprint density at radius 1 is 1.50 bits per heavy atom. The van der Waals surface area contributed by atoms with Crippen molar-refractivity contribution in [2.45, 2.75) is 33.2 Å². The van der Waals surface area contributed by atoms with Crippen LogP contribution in [0.5, 0.6) is 0 Å². The van der Waals surface area contributed by atoms with E-state index in [4.69, 9.17) is 5.26 Å². The molecule has 0 aromatic carbocycles. The third kappa shape index (κ3) is 4.58. The smallest absolute Gasteiger partial charge is 0.237 e. The summed E-state index contributed by atoms with van der Waals surface area (Å²) in [5.74, 6) is -0.644. The summed E-state index contributed by atoms with van der Waals surface area (Å²) < 4.78 is 2.01. The number of nitrogens with zero attached hydrogens (tertiary/aromatic N) is 3. The van der Waals surface area contributed by atoms with E-state index in [1.807, 2.05) is 30.7 Å². The minimum absolute atomic E-state index is 0.0564. The van der Waals surface area contributed by atoms with Crippen LogP contribution in [0.1, 0.15) is 26.7 Å². The molecule has 1 aromatic heterocycles. The first-order valence-corrected chi connectivity index (χ1v) is 6.28. The molecule has 0 fully saturated rings. The summed E-state index contributed by atoms with van der Waals surface area (Å²) in [5, 5.41) is 11.7. The molecule has 1 amide bonds. The summed E-state index contributed by atoms with van der Waals surface area (Å²) in [6.07, 6.45) is 7.34. The zero-order valence-electron chi connectivity index (χ0n) is 11.0. The van der Waals surface area contributed by atoms with Gasteiger partial charge >= 0.3 is 0 Å². The number of carbonyl (C=O) groups excluding carboxylic acids is 1. The molecule has 1 N–H and O–H groups in total. The van der Waals surface area contributed by atoms with E-state index in [1.165, 1.54) is 0 Å². The third-order valence-corrected chi connectivity index (χ3v) is 2.79. The summed E-state index contributed by atoms with van der Waals surface area (Å²) >= 11 is 0. The fourth-order valence-electron chi connectivity index (χ4n) is 1.67. The minimum Gasteiger partial charge on any atom is -0.355 e. The van der Waals surface area contributed by atoms with Crippen molar-refractivity contribution in [3.05, 3.63) is 18.7 Å². The Hall–Kier alpha value is -1.83. The molecule has 0 spiro atoms. The van der Waals surface area contributed by atoms with E-state index >= 15 is 0 Å². The van der Waals surface area contributed by atoms with Crippen LogP contribution >= 0.6 is 0 Å².